The molecule has 1 aromatic carbocycles. The van der Waals surface area contributed by atoms with E-state index in [1.165, 1.54) is 23.5 Å². The van der Waals surface area contributed by atoms with Crippen LogP contribution in [0.4, 0.5) is 18.9 Å². The molecule has 112 valence electrons. The maximum absolute atomic E-state index is 13.0. The number of benzene rings is 1. The molecule has 2 rings (SSSR count). The number of nitrogens with zero attached hydrogens (tertiary/aromatic N) is 2. The van der Waals surface area contributed by atoms with Crippen LogP contribution in [0.25, 0.3) is 0 Å². The summed E-state index contributed by atoms with van der Waals surface area (Å²) in [6.07, 6.45) is -4.56. The maximum atomic E-state index is 13.0. The molecule has 0 saturated heterocycles. The number of halogens is 3. The lowest BCUT2D eigenvalue weighted by molar-refractivity contribution is -0.137. The third-order valence-electron chi connectivity index (χ3n) is 2.92. The Kier molecular flexibility index (Phi) is 4.17. The van der Waals surface area contributed by atoms with Crippen LogP contribution in [0.2, 0.25) is 0 Å². The molecule has 2 aromatic rings. The van der Waals surface area contributed by atoms with Crippen LogP contribution in [-0.4, -0.2) is 17.9 Å². The number of nitrogen functional groups attached to an aromatic ring is 1. The van der Waals surface area contributed by atoms with Crippen LogP contribution < -0.4 is 10.6 Å². The number of thiazole rings is 1. The van der Waals surface area contributed by atoms with Crippen LogP contribution in [0, 0.1) is 5.41 Å². The maximum Gasteiger partial charge on any atom is 0.417 e. The first-order valence-corrected chi connectivity index (χ1v) is 6.87. The molecule has 21 heavy (non-hydrogen) atoms. The summed E-state index contributed by atoms with van der Waals surface area (Å²) < 4.78 is 39.1. The Morgan fingerprint density at radius 1 is 1.43 bits per heavy atom. The lowest BCUT2D eigenvalue weighted by Crippen LogP contribution is -2.21. The summed E-state index contributed by atoms with van der Waals surface area (Å²) >= 11 is 1.43. The van der Waals surface area contributed by atoms with E-state index in [2.05, 4.69) is 4.98 Å². The number of alkyl halides is 3. The Morgan fingerprint density at radius 2 is 2.14 bits per heavy atom. The third-order valence-corrected chi connectivity index (χ3v) is 3.56. The molecular weight excluding hydrogens is 301 g/mol. The molecule has 8 heteroatoms. The van der Waals surface area contributed by atoms with E-state index >= 15 is 0 Å². The molecule has 4 nitrogen and oxygen atoms in total. The van der Waals surface area contributed by atoms with Crippen molar-refractivity contribution >= 4 is 22.9 Å². The zero-order chi connectivity index (χ0) is 15.6. The smallest absolute Gasteiger partial charge is 0.384 e. The first-order valence-electron chi connectivity index (χ1n) is 5.93. The van der Waals surface area contributed by atoms with Gasteiger partial charge >= 0.3 is 6.18 Å². The van der Waals surface area contributed by atoms with Gasteiger partial charge in [-0.2, -0.15) is 13.2 Å². The second-order valence-electron chi connectivity index (χ2n) is 4.48. The van der Waals surface area contributed by atoms with Crippen molar-refractivity contribution in [3.8, 4) is 0 Å². The Bertz CT molecular complexity index is 637. The molecule has 0 amide bonds. The Balaban J connectivity index is 2.35. The largest absolute Gasteiger partial charge is 0.417 e. The fraction of sp³-hybridized carbons (Fsp3) is 0.231. The van der Waals surface area contributed by atoms with Gasteiger partial charge in [0.25, 0.3) is 0 Å². The van der Waals surface area contributed by atoms with Crippen LogP contribution in [0.1, 0.15) is 16.8 Å². The highest BCUT2D eigenvalue weighted by molar-refractivity contribution is 7.07. The van der Waals surface area contributed by atoms with Gasteiger partial charge in [-0.05, 0) is 18.2 Å². The summed E-state index contributed by atoms with van der Waals surface area (Å²) in [6, 6.07) is 3.74. The minimum absolute atomic E-state index is 0.312. The quantitative estimate of drug-likeness (QED) is 0.673. The summed E-state index contributed by atoms with van der Waals surface area (Å²) in [7, 11) is 1.68. The van der Waals surface area contributed by atoms with Gasteiger partial charge in [-0.25, -0.2) is 4.98 Å². The molecule has 1 aromatic heterocycles. The van der Waals surface area contributed by atoms with Gasteiger partial charge in [0.05, 0.1) is 23.3 Å². The zero-order valence-electron chi connectivity index (χ0n) is 11.1. The van der Waals surface area contributed by atoms with Gasteiger partial charge in [0, 0.05) is 23.7 Å². The van der Waals surface area contributed by atoms with Crippen LogP contribution in [0.15, 0.2) is 29.1 Å². The van der Waals surface area contributed by atoms with Gasteiger partial charge in [-0.15, -0.1) is 11.3 Å². The van der Waals surface area contributed by atoms with Crippen LogP contribution >= 0.6 is 11.3 Å². The first kappa shape index (κ1) is 15.3. The van der Waals surface area contributed by atoms with Gasteiger partial charge in [0.1, 0.15) is 5.84 Å². The van der Waals surface area contributed by atoms with E-state index in [1.807, 2.05) is 5.38 Å². The van der Waals surface area contributed by atoms with Gasteiger partial charge < -0.3 is 10.6 Å². The number of anilines is 1. The standard InChI is InChI=1S/C13H13F3N4S/c1-20(5-8-6-21-7-19-8)9-2-3-10(12(17)18)11(4-9)13(14,15)16/h2-4,6-7H,5H2,1H3,(H3,17,18). The highest BCUT2D eigenvalue weighted by Gasteiger charge is 2.34. The summed E-state index contributed by atoms with van der Waals surface area (Å²) in [5, 5.41) is 9.09. The molecule has 0 atom stereocenters. The summed E-state index contributed by atoms with van der Waals surface area (Å²) in [6.45, 7) is 0.403. The van der Waals surface area contributed by atoms with Crippen molar-refractivity contribution in [3.05, 3.63) is 45.9 Å². The molecule has 0 fully saturated rings. The SMILES string of the molecule is CN(Cc1cscn1)c1ccc(C(=N)N)c(C(F)(F)F)c1. The molecule has 3 N–H and O–H groups in total. The summed E-state index contributed by atoms with van der Waals surface area (Å²) in [4.78, 5) is 5.76. The number of aromatic nitrogens is 1. The molecule has 0 saturated carbocycles. The normalized spacial score (nSPS) is 11.4. The van der Waals surface area contributed by atoms with Crippen LogP contribution in [-0.2, 0) is 12.7 Å². The van der Waals surface area contributed by atoms with Crippen LogP contribution in [0.3, 0.4) is 0 Å². The highest BCUT2D eigenvalue weighted by Crippen LogP contribution is 2.34. The zero-order valence-corrected chi connectivity index (χ0v) is 11.9. The highest BCUT2D eigenvalue weighted by atomic mass is 32.1. The monoisotopic (exact) mass is 314 g/mol. The molecule has 0 aliphatic rings. The van der Waals surface area contributed by atoms with E-state index in [0.29, 0.717) is 12.2 Å². The van der Waals surface area contributed by atoms with E-state index in [9.17, 15) is 13.2 Å². The van der Waals surface area contributed by atoms with Crippen molar-refractivity contribution in [2.75, 3.05) is 11.9 Å². The Labute approximate surface area is 123 Å². The predicted molar refractivity (Wildman–Crippen MR) is 76.7 cm³/mol. The van der Waals surface area contributed by atoms with Crippen molar-refractivity contribution in [3.63, 3.8) is 0 Å². The first-order chi connectivity index (χ1) is 9.79. The predicted octanol–water partition coefficient (Wildman–Crippen LogP) is 3.08. The lowest BCUT2D eigenvalue weighted by Gasteiger charge is -2.21. The van der Waals surface area contributed by atoms with E-state index in [4.69, 9.17) is 11.1 Å². The van der Waals surface area contributed by atoms with Crippen molar-refractivity contribution in [1.29, 1.82) is 5.41 Å². The number of amidine groups is 1. The van der Waals surface area contributed by atoms with Crippen molar-refractivity contribution in [2.45, 2.75) is 12.7 Å². The molecule has 1 heterocycles. The average molecular weight is 314 g/mol. The average Bonchev–Trinajstić information content (AvgIpc) is 2.89. The van der Waals surface area contributed by atoms with E-state index in [-0.39, 0.29) is 5.56 Å². The number of rotatable bonds is 4. The summed E-state index contributed by atoms with van der Waals surface area (Å²) in [5.41, 5.74) is 6.83. The third kappa shape index (κ3) is 3.52. The van der Waals surface area contributed by atoms with E-state index < -0.39 is 17.6 Å². The molecule has 0 aliphatic heterocycles. The van der Waals surface area contributed by atoms with Crippen LogP contribution in [0.5, 0.6) is 0 Å². The van der Waals surface area contributed by atoms with Crippen molar-refractivity contribution < 1.29 is 13.2 Å². The molecular formula is C13H13F3N4S. The molecule has 0 aliphatic carbocycles. The van der Waals surface area contributed by atoms with Gasteiger partial charge in [-0.1, -0.05) is 0 Å². The lowest BCUT2D eigenvalue weighted by atomic mass is 10.0. The van der Waals surface area contributed by atoms with Gasteiger partial charge in [-0.3, -0.25) is 5.41 Å². The van der Waals surface area contributed by atoms with E-state index in [1.54, 1.807) is 17.5 Å². The minimum Gasteiger partial charge on any atom is -0.384 e. The molecule has 0 bridgehead atoms. The van der Waals surface area contributed by atoms with Gasteiger partial charge in [0.2, 0.25) is 0 Å². The summed E-state index contributed by atoms with van der Waals surface area (Å²) in [5.74, 6) is -0.601. The molecule has 0 unspecified atom stereocenters. The molecule has 0 spiro atoms. The fourth-order valence-electron chi connectivity index (χ4n) is 1.89. The minimum atomic E-state index is -4.56. The van der Waals surface area contributed by atoms with Gasteiger partial charge in [0.15, 0.2) is 0 Å². The topological polar surface area (TPSA) is 66.0 Å². The number of nitrogens with two attached hydrogens (primary N) is 1. The molecule has 0 radical (unpaired) electrons. The Hall–Kier alpha value is -2.09. The Morgan fingerprint density at radius 3 is 2.67 bits per heavy atom. The second-order valence-corrected chi connectivity index (χ2v) is 5.20. The number of nitrogens with one attached hydrogen (secondary N) is 1. The number of hydrogen-bond acceptors (Lipinski definition) is 4. The van der Waals surface area contributed by atoms with E-state index in [0.717, 1.165) is 11.8 Å². The number of hydrogen-bond donors (Lipinski definition) is 2. The van der Waals surface area contributed by atoms with Crippen molar-refractivity contribution in [1.82, 2.24) is 4.98 Å². The van der Waals surface area contributed by atoms with Crippen molar-refractivity contribution in [2.24, 2.45) is 5.73 Å². The second kappa shape index (κ2) is 5.72. The fourth-order valence-corrected chi connectivity index (χ4v) is 2.44.